The fourth-order valence-electron chi connectivity index (χ4n) is 7.62. The summed E-state index contributed by atoms with van der Waals surface area (Å²) in [4.78, 5) is 0. The highest BCUT2D eigenvalue weighted by atomic mass is 16.3. The van der Waals surface area contributed by atoms with Gasteiger partial charge in [-0.3, -0.25) is 0 Å². The SMILES string of the molecule is C=Cc1c(/C=C\C)ccc2c1oc1cc(-c3cccc(-c4c5ccccc5c(-c5cccc6ccccc56)c5ccccc45)c3)ccc12. The lowest BCUT2D eigenvalue weighted by atomic mass is 9.84. The normalized spacial score (nSPS) is 11.9. The molecular formula is C47H32O. The number of allylic oxidation sites excluding steroid dienone is 1. The third-order valence-electron chi connectivity index (χ3n) is 9.74. The van der Waals surface area contributed by atoms with Gasteiger partial charge in [-0.05, 0) is 102 Å². The van der Waals surface area contributed by atoms with Crippen LogP contribution in [0.5, 0.6) is 0 Å². The number of fused-ring (bicyclic) bond motifs is 6. The second-order valence-corrected chi connectivity index (χ2v) is 12.4. The van der Waals surface area contributed by atoms with E-state index in [0.717, 1.165) is 44.2 Å². The molecule has 0 fully saturated rings. The first-order valence-electron chi connectivity index (χ1n) is 16.5. The standard InChI is InChI=1S/C47H32O/c1-3-13-30-24-27-43-37-26-25-33(29-44(37)48-47(43)35(30)4-2)32-16-11-17-34(28-32)45-39-19-7-9-21-41(39)46(42-22-10-8-20-40(42)45)38-23-12-15-31-14-5-6-18-36(31)38/h3-29H,2H2,1H3/b13-3-. The molecule has 1 aromatic heterocycles. The maximum Gasteiger partial charge on any atom is 0.143 e. The largest absolute Gasteiger partial charge is 0.455 e. The van der Waals surface area contributed by atoms with Crippen molar-refractivity contribution in [2.24, 2.45) is 0 Å². The Bertz CT molecular complexity index is 2690. The van der Waals surface area contributed by atoms with E-state index >= 15 is 0 Å². The molecule has 1 heterocycles. The van der Waals surface area contributed by atoms with Gasteiger partial charge >= 0.3 is 0 Å². The van der Waals surface area contributed by atoms with Crippen molar-refractivity contribution in [1.29, 1.82) is 0 Å². The zero-order valence-corrected chi connectivity index (χ0v) is 26.7. The van der Waals surface area contributed by atoms with Gasteiger partial charge in [-0.15, -0.1) is 0 Å². The van der Waals surface area contributed by atoms with Gasteiger partial charge in [-0.25, -0.2) is 0 Å². The Kier molecular flexibility index (Phi) is 6.59. The highest BCUT2D eigenvalue weighted by molar-refractivity contribution is 6.23. The highest BCUT2D eigenvalue weighted by Gasteiger charge is 2.18. The van der Waals surface area contributed by atoms with Gasteiger partial charge < -0.3 is 4.42 Å². The van der Waals surface area contributed by atoms with E-state index in [2.05, 4.69) is 158 Å². The van der Waals surface area contributed by atoms with Crippen LogP contribution in [0, 0.1) is 0 Å². The lowest BCUT2D eigenvalue weighted by Gasteiger charge is -2.19. The number of hydrogen-bond acceptors (Lipinski definition) is 1. The topological polar surface area (TPSA) is 13.1 Å². The summed E-state index contributed by atoms with van der Waals surface area (Å²) in [6.45, 7) is 6.11. The van der Waals surface area contributed by atoms with Gasteiger partial charge in [0.25, 0.3) is 0 Å². The maximum absolute atomic E-state index is 6.53. The molecule has 0 atom stereocenters. The first-order chi connectivity index (χ1) is 23.7. The van der Waals surface area contributed by atoms with Crippen molar-refractivity contribution < 1.29 is 4.42 Å². The lowest BCUT2D eigenvalue weighted by molar-refractivity contribution is 0.668. The monoisotopic (exact) mass is 612 g/mol. The van der Waals surface area contributed by atoms with Crippen molar-refractivity contribution in [3.8, 4) is 33.4 Å². The molecule has 0 radical (unpaired) electrons. The van der Waals surface area contributed by atoms with Gasteiger partial charge in [0, 0.05) is 16.3 Å². The van der Waals surface area contributed by atoms with E-state index in [1.165, 1.54) is 54.6 Å². The van der Waals surface area contributed by atoms with Gasteiger partial charge in [-0.2, -0.15) is 0 Å². The van der Waals surface area contributed by atoms with Crippen LogP contribution in [0.1, 0.15) is 18.1 Å². The molecule has 1 heteroatoms. The third kappa shape index (κ3) is 4.32. The van der Waals surface area contributed by atoms with Crippen LogP contribution in [0.2, 0.25) is 0 Å². The zero-order valence-electron chi connectivity index (χ0n) is 26.7. The van der Waals surface area contributed by atoms with Crippen molar-refractivity contribution in [3.05, 3.63) is 169 Å². The van der Waals surface area contributed by atoms with Crippen LogP contribution >= 0.6 is 0 Å². The Morgan fingerprint density at radius 1 is 0.500 bits per heavy atom. The molecule has 0 aliphatic rings. The quantitative estimate of drug-likeness (QED) is 0.176. The molecular weight excluding hydrogens is 581 g/mol. The molecule has 0 saturated heterocycles. The van der Waals surface area contributed by atoms with E-state index in [9.17, 15) is 0 Å². The molecule has 0 aliphatic carbocycles. The van der Waals surface area contributed by atoms with E-state index in [1.54, 1.807) is 0 Å². The summed E-state index contributed by atoms with van der Waals surface area (Å²) in [5.41, 5.74) is 11.2. The average Bonchev–Trinajstić information content (AvgIpc) is 3.52. The van der Waals surface area contributed by atoms with Crippen LogP contribution in [0.25, 0.3) is 99.8 Å². The summed E-state index contributed by atoms with van der Waals surface area (Å²) >= 11 is 0. The van der Waals surface area contributed by atoms with Crippen LogP contribution in [-0.4, -0.2) is 0 Å². The van der Waals surface area contributed by atoms with Gasteiger partial charge in [0.15, 0.2) is 0 Å². The predicted molar refractivity (Wildman–Crippen MR) is 207 cm³/mol. The zero-order chi connectivity index (χ0) is 32.2. The fourth-order valence-corrected chi connectivity index (χ4v) is 7.62. The third-order valence-corrected chi connectivity index (χ3v) is 9.74. The van der Waals surface area contributed by atoms with Crippen molar-refractivity contribution in [2.45, 2.75) is 6.92 Å². The van der Waals surface area contributed by atoms with Gasteiger partial charge in [0.1, 0.15) is 11.2 Å². The number of furan rings is 1. The van der Waals surface area contributed by atoms with Gasteiger partial charge in [0.05, 0.1) is 0 Å². The van der Waals surface area contributed by atoms with Crippen molar-refractivity contribution >= 4 is 66.4 Å². The average molecular weight is 613 g/mol. The molecule has 0 aliphatic heterocycles. The molecule has 0 unspecified atom stereocenters. The Morgan fingerprint density at radius 2 is 1.10 bits per heavy atom. The van der Waals surface area contributed by atoms with Crippen LogP contribution in [0.3, 0.4) is 0 Å². The molecule has 9 aromatic rings. The molecule has 1 nitrogen and oxygen atoms in total. The Hall–Kier alpha value is -6.18. The van der Waals surface area contributed by atoms with Crippen LogP contribution < -0.4 is 0 Å². The number of hydrogen-bond donors (Lipinski definition) is 0. The molecule has 0 saturated carbocycles. The first-order valence-corrected chi connectivity index (χ1v) is 16.5. The first kappa shape index (κ1) is 28.1. The molecule has 0 N–H and O–H groups in total. The Morgan fingerprint density at radius 3 is 1.83 bits per heavy atom. The Labute approximate surface area is 279 Å². The lowest BCUT2D eigenvalue weighted by Crippen LogP contribution is -1.92. The molecule has 226 valence electrons. The number of benzene rings is 8. The number of rotatable bonds is 5. The summed E-state index contributed by atoms with van der Waals surface area (Å²) in [5, 5.41) is 9.75. The fraction of sp³-hybridized carbons (Fsp3) is 0.0213. The summed E-state index contributed by atoms with van der Waals surface area (Å²) in [7, 11) is 0. The molecule has 0 spiro atoms. The minimum absolute atomic E-state index is 0.879. The van der Waals surface area contributed by atoms with E-state index in [1.807, 2.05) is 19.1 Å². The van der Waals surface area contributed by atoms with E-state index in [-0.39, 0.29) is 0 Å². The summed E-state index contributed by atoms with van der Waals surface area (Å²) in [5.74, 6) is 0. The van der Waals surface area contributed by atoms with E-state index in [4.69, 9.17) is 4.42 Å². The maximum atomic E-state index is 6.53. The molecule has 0 bridgehead atoms. The minimum atomic E-state index is 0.879. The predicted octanol–water partition coefficient (Wildman–Crippen LogP) is 13.7. The summed E-state index contributed by atoms with van der Waals surface area (Å²) < 4.78 is 6.53. The van der Waals surface area contributed by atoms with Gasteiger partial charge in [-0.1, -0.05) is 146 Å². The van der Waals surface area contributed by atoms with E-state index < -0.39 is 0 Å². The Balaban J connectivity index is 1.25. The second kappa shape index (κ2) is 11.3. The van der Waals surface area contributed by atoms with Gasteiger partial charge in [0.2, 0.25) is 0 Å². The smallest absolute Gasteiger partial charge is 0.143 e. The summed E-state index contributed by atoms with van der Waals surface area (Å²) in [6.07, 6.45) is 6.04. The van der Waals surface area contributed by atoms with Crippen molar-refractivity contribution in [1.82, 2.24) is 0 Å². The highest BCUT2D eigenvalue weighted by Crippen LogP contribution is 2.46. The van der Waals surface area contributed by atoms with Crippen LogP contribution in [0.15, 0.2) is 163 Å². The van der Waals surface area contributed by atoms with Crippen LogP contribution in [0.4, 0.5) is 0 Å². The van der Waals surface area contributed by atoms with Crippen molar-refractivity contribution in [3.63, 3.8) is 0 Å². The minimum Gasteiger partial charge on any atom is -0.455 e. The van der Waals surface area contributed by atoms with Crippen LogP contribution in [-0.2, 0) is 0 Å². The second-order valence-electron chi connectivity index (χ2n) is 12.4. The molecule has 9 rings (SSSR count). The summed E-state index contributed by atoms with van der Waals surface area (Å²) in [6, 6.07) is 52.9. The molecule has 0 amide bonds. The molecule has 8 aromatic carbocycles. The molecule has 48 heavy (non-hydrogen) atoms. The van der Waals surface area contributed by atoms with Crippen molar-refractivity contribution in [2.75, 3.05) is 0 Å². The van der Waals surface area contributed by atoms with E-state index in [0.29, 0.717) is 0 Å².